The van der Waals surface area contributed by atoms with E-state index in [-0.39, 0.29) is 0 Å². The molecule has 0 aromatic heterocycles. The second-order valence-electron chi connectivity index (χ2n) is 4.94. The lowest BCUT2D eigenvalue weighted by molar-refractivity contribution is 0.0590. The van der Waals surface area contributed by atoms with Gasteiger partial charge >= 0.3 is 0 Å². The van der Waals surface area contributed by atoms with Crippen molar-refractivity contribution >= 4 is 0 Å². The lowest BCUT2D eigenvalue weighted by atomic mass is 9.95. The van der Waals surface area contributed by atoms with Gasteiger partial charge in [0.1, 0.15) is 0 Å². The molecule has 2 rings (SSSR count). The van der Waals surface area contributed by atoms with Crippen molar-refractivity contribution in [3.63, 3.8) is 0 Å². The smallest absolute Gasteiger partial charge is 0.0502 e. The van der Waals surface area contributed by atoms with Crippen LogP contribution in [0.4, 0.5) is 0 Å². The van der Waals surface area contributed by atoms with Crippen LogP contribution in [-0.4, -0.2) is 50.8 Å². The molecule has 0 unspecified atom stereocenters. The van der Waals surface area contributed by atoms with E-state index in [1.165, 1.54) is 51.9 Å². The van der Waals surface area contributed by atoms with Crippen molar-refractivity contribution in [2.45, 2.75) is 31.7 Å². The third-order valence-corrected chi connectivity index (χ3v) is 3.78. The number of nitrogens with zero attached hydrogens (tertiary/aromatic N) is 1. The molecule has 3 nitrogen and oxygen atoms in total. The van der Waals surface area contributed by atoms with E-state index >= 15 is 0 Å². The molecule has 15 heavy (non-hydrogen) atoms. The largest absolute Gasteiger partial charge is 0.384 e. The van der Waals surface area contributed by atoms with Gasteiger partial charge in [0.25, 0.3) is 0 Å². The molecule has 0 bridgehead atoms. The summed E-state index contributed by atoms with van der Waals surface area (Å²) < 4.78 is 5.28. The van der Waals surface area contributed by atoms with E-state index in [0.29, 0.717) is 0 Å². The maximum atomic E-state index is 5.28. The van der Waals surface area contributed by atoms with E-state index < -0.39 is 0 Å². The fourth-order valence-corrected chi connectivity index (χ4v) is 2.97. The molecule has 3 heteroatoms. The second kappa shape index (κ2) is 5.83. The highest BCUT2D eigenvalue weighted by Crippen LogP contribution is 2.22. The summed E-state index contributed by atoms with van der Waals surface area (Å²) in [5.74, 6) is 0.777. The minimum Gasteiger partial charge on any atom is -0.384 e. The molecule has 0 radical (unpaired) electrons. The Morgan fingerprint density at radius 2 is 2.07 bits per heavy atom. The molecule has 0 aromatic rings. The standard InChI is InChI=1S/C12H24N2O/c1-15-10-11-3-2-8-14(9-11)12-4-6-13-7-5-12/h11-13H,2-10H2,1H3/t11-/m0/s1. The first-order valence-electron chi connectivity index (χ1n) is 6.34. The summed E-state index contributed by atoms with van der Waals surface area (Å²) in [6, 6.07) is 0.839. The SMILES string of the molecule is COC[C@H]1CCCN(C2CCNCC2)C1. The van der Waals surface area contributed by atoms with Crippen LogP contribution in [0, 0.1) is 5.92 Å². The van der Waals surface area contributed by atoms with E-state index in [1.54, 1.807) is 0 Å². The van der Waals surface area contributed by atoms with E-state index in [1.807, 2.05) is 7.11 Å². The third kappa shape index (κ3) is 3.16. The molecule has 2 saturated heterocycles. The molecule has 2 aliphatic heterocycles. The van der Waals surface area contributed by atoms with Gasteiger partial charge in [-0.1, -0.05) is 0 Å². The Morgan fingerprint density at radius 1 is 1.27 bits per heavy atom. The Bertz CT molecular complexity index is 178. The number of likely N-dealkylation sites (tertiary alicyclic amines) is 1. The zero-order valence-electron chi connectivity index (χ0n) is 9.87. The zero-order valence-corrected chi connectivity index (χ0v) is 9.87. The predicted octanol–water partition coefficient (Wildman–Crippen LogP) is 1.10. The fraction of sp³-hybridized carbons (Fsp3) is 1.00. The maximum Gasteiger partial charge on any atom is 0.0502 e. The fourth-order valence-electron chi connectivity index (χ4n) is 2.97. The molecule has 0 spiro atoms. The van der Waals surface area contributed by atoms with Crippen LogP contribution in [0.2, 0.25) is 0 Å². The number of nitrogens with one attached hydrogen (secondary N) is 1. The van der Waals surface area contributed by atoms with Crippen LogP contribution in [0.15, 0.2) is 0 Å². The van der Waals surface area contributed by atoms with Gasteiger partial charge in [-0.3, -0.25) is 4.90 Å². The van der Waals surface area contributed by atoms with Gasteiger partial charge in [-0.15, -0.1) is 0 Å². The Hall–Kier alpha value is -0.120. The van der Waals surface area contributed by atoms with E-state index in [9.17, 15) is 0 Å². The van der Waals surface area contributed by atoms with Crippen molar-refractivity contribution in [1.82, 2.24) is 10.2 Å². The van der Waals surface area contributed by atoms with Gasteiger partial charge in [0.2, 0.25) is 0 Å². The lowest BCUT2D eigenvalue weighted by Gasteiger charge is -2.40. The van der Waals surface area contributed by atoms with Crippen molar-refractivity contribution in [3.8, 4) is 0 Å². The summed E-state index contributed by atoms with van der Waals surface area (Å²) in [7, 11) is 1.82. The zero-order chi connectivity index (χ0) is 10.5. The number of hydrogen-bond donors (Lipinski definition) is 1. The van der Waals surface area contributed by atoms with Crippen molar-refractivity contribution < 1.29 is 4.74 Å². The molecule has 0 aliphatic carbocycles. The molecular formula is C12H24N2O. The molecule has 88 valence electrons. The first kappa shape index (κ1) is 11.4. The molecule has 0 saturated carbocycles. The number of methoxy groups -OCH3 is 1. The van der Waals surface area contributed by atoms with Crippen molar-refractivity contribution in [2.24, 2.45) is 5.92 Å². The average Bonchev–Trinajstić information content (AvgIpc) is 2.31. The highest BCUT2D eigenvalue weighted by molar-refractivity contribution is 4.82. The first-order valence-corrected chi connectivity index (χ1v) is 6.34. The van der Waals surface area contributed by atoms with Gasteiger partial charge in [-0.2, -0.15) is 0 Å². The van der Waals surface area contributed by atoms with Crippen LogP contribution in [0.3, 0.4) is 0 Å². The molecule has 2 heterocycles. The Balaban J connectivity index is 1.80. The summed E-state index contributed by atoms with van der Waals surface area (Å²) in [4.78, 5) is 2.70. The van der Waals surface area contributed by atoms with Crippen LogP contribution >= 0.6 is 0 Å². The molecule has 1 N–H and O–H groups in total. The van der Waals surface area contributed by atoms with Gasteiger partial charge < -0.3 is 10.1 Å². The van der Waals surface area contributed by atoms with Gasteiger partial charge in [0, 0.05) is 19.7 Å². The van der Waals surface area contributed by atoms with Gasteiger partial charge in [0.05, 0.1) is 6.61 Å². The van der Waals surface area contributed by atoms with Crippen molar-refractivity contribution in [2.75, 3.05) is 39.9 Å². The van der Waals surface area contributed by atoms with Gasteiger partial charge in [-0.05, 0) is 51.2 Å². The van der Waals surface area contributed by atoms with Crippen LogP contribution in [0.1, 0.15) is 25.7 Å². The Kier molecular flexibility index (Phi) is 4.42. The van der Waals surface area contributed by atoms with E-state index in [4.69, 9.17) is 4.74 Å². The highest BCUT2D eigenvalue weighted by atomic mass is 16.5. The predicted molar refractivity (Wildman–Crippen MR) is 62.1 cm³/mol. The minimum atomic E-state index is 0.777. The van der Waals surface area contributed by atoms with E-state index in [0.717, 1.165) is 18.6 Å². The van der Waals surface area contributed by atoms with Gasteiger partial charge in [-0.25, -0.2) is 0 Å². The molecule has 0 amide bonds. The quantitative estimate of drug-likeness (QED) is 0.758. The Morgan fingerprint density at radius 3 is 2.80 bits per heavy atom. The average molecular weight is 212 g/mol. The monoisotopic (exact) mass is 212 g/mol. The first-order chi connectivity index (χ1) is 7.40. The summed E-state index contributed by atoms with van der Waals surface area (Å²) in [5, 5.41) is 3.44. The van der Waals surface area contributed by atoms with Crippen molar-refractivity contribution in [1.29, 1.82) is 0 Å². The summed E-state index contributed by atoms with van der Waals surface area (Å²) in [5.41, 5.74) is 0. The normalized spacial score (nSPS) is 30.6. The lowest BCUT2D eigenvalue weighted by Crippen LogP contribution is -2.48. The molecular weight excluding hydrogens is 188 g/mol. The van der Waals surface area contributed by atoms with Crippen LogP contribution in [0.25, 0.3) is 0 Å². The molecule has 2 aliphatic rings. The molecule has 2 fully saturated rings. The summed E-state index contributed by atoms with van der Waals surface area (Å²) in [6.07, 6.45) is 5.38. The summed E-state index contributed by atoms with van der Waals surface area (Å²) >= 11 is 0. The van der Waals surface area contributed by atoms with Crippen LogP contribution in [-0.2, 0) is 4.74 Å². The van der Waals surface area contributed by atoms with Crippen LogP contribution < -0.4 is 5.32 Å². The minimum absolute atomic E-state index is 0.777. The van der Waals surface area contributed by atoms with Gasteiger partial charge in [0.15, 0.2) is 0 Å². The second-order valence-corrected chi connectivity index (χ2v) is 4.94. The summed E-state index contributed by atoms with van der Waals surface area (Å²) in [6.45, 7) is 5.93. The third-order valence-electron chi connectivity index (χ3n) is 3.78. The topological polar surface area (TPSA) is 24.5 Å². The number of ether oxygens (including phenoxy) is 1. The molecule has 1 atom stereocenters. The van der Waals surface area contributed by atoms with Crippen LogP contribution in [0.5, 0.6) is 0 Å². The number of piperidine rings is 2. The van der Waals surface area contributed by atoms with E-state index in [2.05, 4.69) is 10.2 Å². The molecule has 0 aromatic carbocycles. The number of rotatable bonds is 3. The number of hydrogen-bond acceptors (Lipinski definition) is 3. The Labute approximate surface area is 93.2 Å². The van der Waals surface area contributed by atoms with Crippen molar-refractivity contribution in [3.05, 3.63) is 0 Å². The maximum absolute atomic E-state index is 5.28. The highest BCUT2D eigenvalue weighted by Gasteiger charge is 2.26.